The molecule has 5 aliphatic rings. The van der Waals surface area contributed by atoms with Gasteiger partial charge in [0.25, 0.3) is 0 Å². The molecule has 5 aliphatic carbocycles. The Labute approximate surface area is 251 Å². The van der Waals surface area contributed by atoms with E-state index in [0.29, 0.717) is 24.2 Å². The largest absolute Gasteiger partial charge is 0.339 e. The quantitative estimate of drug-likeness (QED) is 0.370. The normalized spacial score (nSPS) is 44.3. The summed E-state index contributed by atoms with van der Waals surface area (Å²) < 4.78 is 6.09. The molecule has 1 aromatic heterocycles. The first-order chi connectivity index (χ1) is 19.6. The molecule has 0 aromatic carbocycles. The lowest BCUT2D eigenvalue weighted by Gasteiger charge is -2.69. The van der Waals surface area contributed by atoms with Gasteiger partial charge in [-0.25, -0.2) is 4.85 Å². The Morgan fingerprint density at radius 1 is 1.05 bits per heavy atom. The van der Waals surface area contributed by atoms with Crippen molar-refractivity contribution in [3.05, 3.63) is 46.6 Å². The van der Waals surface area contributed by atoms with Gasteiger partial charge in [0.1, 0.15) is 0 Å². The van der Waals surface area contributed by atoms with Crippen LogP contribution in [0.1, 0.15) is 98.7 Å². The Bertz CT molecular complexity index is 1450. The number of allylic oxidation sites excluding steroid dienone is 4. The molecule has 1 aromatic rings. The average Bonchev–Trinajstić information content (AvgIpc) is 3.38. The zero-order valence-corrected chi connectivity index (χ0v) is 27.0. The van der Waals surface area contributed by atoms with Gasteiger partial charge in [0.15, 0.2) is 17.4 Å². The molecule has 7 nitrogen and oxygen atoms in total. The van der Waals surface area contributed by atoms with Crippen molar-refractivity contribution < 1.29 is 14.1 Å². The maximum Gasteiger partial charge on any atom is 0.233 e. The Hall–Kier alpha value is -2.59. The van der Waals surface area contributed by atoms with Gasteiger partial charge in [-0.1, -0.05) is 65.3 Å². The summed E-state index contributed by atoms with van der Waals surface area (Å²) in [6.45, 7) is 24.1. The minimum Gasteiger partial charge on any atom is -0.339 e. The lowest BCUT2D eigenvalue weighted by Crippen LogP contribution is -2.66. The van der Waals surface area contributed by atoms with Crippen LogP contribution >= 0.6 is 0 Å². The van der Waals surface area contributed by atoms with Crippen molar-refractivity contribution in [2.75, 3.05) is 14.1 Å². The molecule has 0 saturated heterocycles. The van der Waals surface area contributed by atoms with E-state index in [2.05, 4.69) is 49.5 Å². The third-order valence-corrected chi connectivity index (χ3v) is 13.6. The predicted octanol–water partition coefficient (Wildman–Crippen LogP) is 6.81. The number of rotatable bonds is 3. The fraction of sp³-hybridized carbons (Fsp3) is 0.743. The second kappa shape index (κ2) is 9.21. The van der Waals surface area contributed by atoms with Crippen LogP contribution in [0.2, 0.25) is 0 Å². The van der Waals surface area contributed by atoms with Crippen LogP contribution in [0.5, 0.6) is 0 Å². The maximum absolute atomic E-state index is 14.8. The summed E-state index contributed by atoms with van der Waals surface area (Å²) in [4.78, 5) is 38.8. The molecular weight excluding hydrogens is 524 g/mol. The van der Waals surface area contributed by atoms with Crippen LogP contribution in [0, 0.1) is 57.8 Å². The molecule has 0 bridgehead atoms. The zero-order valence-electron chi connectivity index (χ0n) is 27.0. The maximum atomic E-state index is 14.8. The zero-order chi connectivity index (χ0) is 30.6. The molecule has 7 heteroatoms. The molecule has 3 saturated carbocycles. The molecule has 1 heterocycles. The summed E-state index contributed by atoms with van der Waals surface area (Å²) in [6, 6.07) is 0. The number of aromatic nitrogens is 2. The van der Waals surface area contributed by atoms with Gasteiger partial charge in [0.05, 0.1) is 18.5 Å². The Balaban J connectivity index is 1.51. The standard InChI is InChI=1S/C35H48N4O3/c1-20-11-14-35(30-37-26(38-42-30)19-39(9)10)16-15-34(7)28(27(35)21(20)2)23(40)17-25-32(5)18-22(36-8)29(41)31(3,4)24(32)12-13-33(25,34)6/h17-18,20-21,24,27-28H,11-16,19H2,1-7,9-10H3/t20-,21+,24+,27+,28-,32+,33-,34-,35+/m1/s1. The van der Waals surface area contributed by atoms with E-state index in [9.17, 15) is 9.59 Å². The Kier molecular flexibility index (Phi) is 6.46. The summed E-state index contributed by atoms with van der Waals surface area (Å²) in [5.74, 6) is 2.44. The van der Waals surface area contributed by atoms with E-state index in [-0.39, 0.29) is 51.3 Å². The van der Waals surface area contributed by atoms with Crippen LogP contribution in [0.25, 0.3) is 4.85 Å². The highest BCUT2D eigenvalue weighted by Gasteiger charge is 2.71. The number of nitrogens with zero attached hydrogens (tertiary/aromatic N) is 4. The van der Waals surface area contributed by atoms with Gasteiger partial charge in [-0.2, -0.15) is 4.98 Å². The molecule has 0 spiro atoms. The van der Waals surface area contributed by atoms with Crippen molar-refractivity contribution in [1.82, 2.24) is 15.0 Å². The lowest BCUT2D eigenvalue weighted by molar-refractivity contribution is -0.166. The number of ketones is 2. The Morgan fingerprint density at radius 2 is 1.76 bits per heavy atom. The fourth-order valence-electron chi connectivity index (χ4n) is 11.0. The molecule has 6 rings (SSSR count). The summed E-state index contributed by atoms with van der Waals surface area (Å²) in [6.07, 6.45) is 9.64. The third-order valence-electron chi connectivity index (χ3n) is 13.6. The highest BCUT2D eigenvalue weighted by atomic mass is 16.5. The van der Waals surface area contributed by atoms with Crippen LogP contribution in [0.4, 0.5) is 0 Å². The van der Waals surface area contributed by atoms with Gasteiger partial charge in [0, 0.05) is 16.7 Å². The second-order valence-electron chi connectivity index (χ2n) is 16.1. The number of fused-ring (bicyclic) bond motifs is 7. The van der Waals surface area contributed by atoms with Crippen molar-refractivity contribution in [2.45, 2.75) is 99.0 Å². The summed E-state index contributed by atoms with van der Waals surface area (Å²) >= 11 is 0. The van der Waals surface area contributed by atoms with Crippen LogP contribution in [-0.2, 0) is 21.5 Å². The van der Waals surface area contributed by atoms with Crippen LogP contribution in [-0.4, -0.2) is 40.7 Å². The number of Topliss-reactive ketones (excluding diaryl/α,β-unsaturated/α-hetero) is 1. The van der Waals surface area contributed by atoms with Gasteiger partial charge in [0.2, 0.25) is 11.6 Å². The minimum absolute atomic E-state index is 0.0556. The summed E-state index contributed by atoms with van der Waals surface area (Å²) in [5, 5.41) is 4.39. The van der Waals surface area contributed by atoms with Crippen molar-refractivity contribution in [2.24, 2.45) is 51.2 Å². The molecule has 226 valence electrons. The summed E-state index contributed by atoms with van der Waals surface area (Å²) in [7, 11) is 4.02. The highest BCUT2D eigenvalue weighted by molar-refractivity contribution is 6.03. The minimum atomic E-state index is -0.649. The fourth-order valence-corrected chi connectivity index (χ4v) is 11.0. The van der Waals surface area contributed by atoms with E-state index in [1.807, 2.05) is 40.1 Å². The van der Waals surface area contributed by atoms with E-state index < -0.39 is 10.8 Å². The molecule has 42 heavy (non-hydrogen) atoms. The average molecular weight is 573 g/mol. The monoisotopic (exact) mass is 572 g/mol. The molecular formula is C35H48N4O3. The molecule has 3 fully saturated rings. The van der Waals surface area contributed by atoms with E-state index in [1.54, 1.807) is 0 Å². The number of hydrogen-bond acceptors (Lipinski definition) is 6. The van der Waals surface area contributed by atoms with E-state index >= 15 is 0 Å². The Morgan fingerprint density at radius 3 is 2.43 bits per heavy atom. The smallest absolute Gasteiger partial charge is 0.233 e. The van der Waals surface area contributed by atoms with E-state index in [4.69, 9.17) is 16.1 Å². The molecule has 0 unspecified atom stereocenters. The molecule has 0 amide bonds. The summed E-state index contributed by atoms with van der Waals surface area (Å²) in [5.41, 5.74) is -0.578. The first kappa shape index (κ1) is 29.5. The number of hydrogen-bond donors (Lipinski definition) is 0. The number of carbonyl (C=O) groups excluding carboxylic acids is 2. The second-order valence-corrected chi connectivity index (χ2v) is 16.1. The van der Waals surface area contributed by atoms with E-state index in [1.165, 1.54) is 0 Å². The third kappa shape index (κ3) is 3.60. The number of carbonyl (C=O) groups is 2. The molecule has 9 atom stereocenters. The van der Waals surface area contributed by atoms with Crippen LogP contribution in [0.15, 0.2) is 27.9 Å². The van der Waals surface area contributed by atoms with Gasteiger partial charge in [-0.15, -0.1) is 0 Å². The van der Waals surface area contributed by atoms with Gasteiger partial charge < -0.3 is 14.2 Å². The van der Waals surface area contributed by atoms with Crippen molar-refractivity contribution in [3.63, 3.8) is 0 Å². The first-order valence-corrected chi connectivity index (χ1v) is 16.0. The van der Waals surface area contributed by atoms with Gasteiger partial charge in [-0.3, -0.25) is 4.79 Å². The van der Waals surface area contributed by atoms with Crippen LogP contribution in [0.3, 0.4) is 0 Å². The highest BCUT2D eigenvalue weighted by Crippen LogP contribution is 2.74. The van der Waals surface area contributed by atoms with Crippen molar-refractivity contribution in [1.29, 1.82) is 0 Å². The first-order valence-electron chi connectivity index (χ1n) is 16.0. The van der Waals surface area contributed by atoms with E-state index in [0.717, 1.165) is 50.0 Å². The molecule has 0 N–H and O–H groups in total. The van der Waals surface area contributed by atoms with Crippen molar-refractivity contribution in [3.8, 4) is 0 Å². The SMILES string of the molecule is [C-]#[N+]C1=C[C@]2(C)C3=CC(=O)[C@@H]4[C@@H]5[C@@H](C)[C@H](C)CC[C@]5(c5nc(CN(C)C)no5)CC[C@@]4(C)[C@]3(C)CC[C@H]2C(C)(C)C1=O. The predicted molar refractivity (Wildman–Crippen MR) is 161 cm³/mol. The topological polar surface area (TPSA) is 80.7 Å². The van der Waals surface area contributed by atoms with Crippen LogP contribution < -0.4 is 0 Å². The van der Waals surface area contributed by atoms with Gasteiger partial charge in [-0.05, 0) is 93.2 Å². The van der Waals surface area contributed by atoms with Crippen molar-refractivity contribution >= 4 is 11.6 Å². The molecule has 0 aliphatic heterocycles. The lowest BCUT2D eigenvalue weighted by atomic mass is 9.34. The molecule has 0 radical (unpaired) electrons. The van der Waals surface area contributed by atoms with Gasteiger partial charge >= 0.3 is 0 Å².